The molecule has 4 nitrogen and oxygen atoms in total. The highest BCUT2D eigenvalue weighted by Crippen LogP contribution is 2.30. The Labute approximate surface area is 114 Å². The molecule has 104 valence electrons. The molecule has 2 aliphatic carbocycles. The molecule has 1 aromatic rings. The first kappa shape index (κ1) is 13.1. The fourth-order valence-electron chi connectivity index (χ4n) is 2.17. The molecule has 0 heterocycles. The van der Waals surface area contributed by atoms with E-state index in [1.807, 2.05) is 12.1 Å². The van der Waals surface area contributed by atoms with Gasteiger partial charge < -0.3 is 5.32 Å². The lowest BCUT2D eigenvalue weighted by molar-refractivity contribution is 0.464. The van der Waals surface area contributed by atoms with Crippen LogP contribution in [0.1, 0.15) is 31.2 Å². The van der Waals surface area contributed by atoms with Crippen molar-refractivity contribution in [3.05, 3.63) is 29.8 Å². The average Bonchev–Trinajstić information content (AvgIpc) is 3.29. The van der Waals surface area contributed by atoms with E-state index >= 15 is 0 Å². The van der Waals surface area contributed by atoms with Crippen LogP contribution in [0.3, 0.4) is 0 Å². The van der Waals surface area contributed by atoms with Crippen LogP contribution < -0.4 is 5.32 Å². The first-order valence-electron chi connectivity index (χ1n) is 6.88. The van der Waals surface area contributed by atoms with Gasteiger partial charge in [-0.1, -0.05) is 12.1 Å². The number of rotatable bonds is 6. The van der Waals surface area contributed by atoms with Gasteiger partial charge in [0.05, 0.1) is 4.90 Å². The van der Waals surface area contributed by atoms with Crippen LogP contribution in [0, 0.1) is 0 Å². The minimum Gasteiger partial charge on any atom is -0.310 e. The number of sulfonamides is 1. The summed E-state index contributed by atoms with van der Waals surface area (Å²) >= 11 is 0. The standard InChI is InChI=1S/C14H20N2O2S/c1-16(13-7-8-13)19(17,18)14-4-2-3-11(9-14)10-15-12-5-6-12/h2-4,9,12-13,15H,5-8,10H2,1H3. The van der Waals surface area contributed by atoms with Gasteiger partial charge in [-0.2, -0.15) is 4.31 Å². The Hall–Kier alpha value is -0.910. The SMILES string of the molecule is CN(C1CC1)S(=O)(=O)c1cccc(CNC2CC2)c1. The normalized spacial score (nSPS) is 19.9. The number of hydrogen-bond acceptors (Lipinski definition) is 3. The number of nitrogens with zero attached hydrogens (tertiary/aromatic N) is 1. The van der Waals surface area contributed by atoms with Gasteiger partial charge in [0, 0.05) is 25.7 Å². The van der Waals surface area contributed by atoms with E-state index in [1.54, 1.807) is 19.2 Å². The Morgan fingerprint density at radius 2 is 2.00 bits per heavy atom. The Morgan fingerprint density at radius 1 is 1.26 bits per heavy atom. The molecular formula is C14H20N2O2S. The molecule has 0 aliphatic heterocycles. The lowest BCUT2D eigenvalue weighted by Gasteiger charge is -2.17. The minimum absolute atomic E-state index is 0.207. The summed E-state index contributed by atoms with van der Waals surface area (Å²) in [6.07, 6.45) is 4.45. The summed E-state index contributed by atoms with van der Waals surface area (Å²) < 4.78 is 26.4. The summed E-state index contributed by atoms with van der Waals surface area (Å²) in [4.78, 5) is 0.414. The lowest BCUT2D eigenvalue weighted by atomic mass is 10.2. The lowest BCUT2D eigenvalue weighted by Crippen LogP contribution is -2.29. The molecule has 1 N–H and O–H groups in total. The second kappa shape index (κ2) is 4.89. The zero-order chi connectivity index (χ0) is 13.5. The fraction of sp³-hybridized carbons (Fsp3) is 0.571. The second-order valence-corrected chi connectivity index (χ2v) is 7.55. The summed E-state index contributed by atoms with van der Waals surface area (Å²) in [5.41, 5.74) is 1.04. The molecule has 0 atom stereocenters. The molecule has 0 spiro atoms. The predicted octanol–water partition coefficient (Wildman–Crippen LogP) is 1.72. The monoisotopic (exact) mass is 280 g/mol. The second-order valence-electron chi connectivity index (χ2n) is 5.56. The van der Waals surface area contributed by atoms with Crippen LogP contribution >= 0.6 is 0 Å². The van der Waals surface area contributed by atoms with Crippen molar-refractivity contribution in [2.24, 2.45) is 0 Å². The quantitative estimate of drug-likeness (QED) is 0.863. The van der Waals surface area contributed by atoms with E-state index in [0.29, 0.717) is 10.9 Å². The van der Waals surface area contributed by atoms with Crippen molar-refractivity contribution in [3.8, 4) is 0 Å². The van der Waals surface area contributed by atoms with E-state index in [0.717, 1.165) is 24.9 Å². The van der Waals surface area contributed by atoms with E-state index in [1.165, 1.54) is 17.1 Å². The highest BCUT2D eigenvalue weighted by Gasteiger charge is 2.35. The molecule has 5 heteroatoms. The molecule has 1 aromatic carbocycles. The smallest absolute Gasteiger partial charge is 0.243 e. The molecule has 3 rings (SSSR count). The van der Waals surface area contributed by atoms with Crippen LogP contribution in [-0.2, 0) is 16.6 Å². The van der Waals surface area contributed by atoms with Crippen molar-refractivity contribution in [3.63, 3.8) is 0 Å². The molecule has 0 amide bonds. The van der Waals surface area contributed by atoms with Crippen LogP contribution in [0.25, 0.3) is 0 Å². The average molecular weight is 280 g/mol. The van der Waals surface area contributed by atoms with Gasteiger partial charge in [0.2, 0.25) is 10.0 Å². The van der Waals surface area contributed by atoms with Gasteiger partial charge in [-0.15, -0.1) is 0 Å². The maximum atomic E-state index is 12.4. The summed E-state index contributed by atoms with van der Waals surface area (Å²) in [6.45, 7) is 0.751. The highest BCUT2D eigenvalue weighted by atomic mass is 32.2. The largest absolute Gasteiger partial charge is 0.310 e. The molecule has 2 saturated carbocycles. The molecule has 2 fully saturated rings. The summed E-state index contributed by atoms with van der Waals surface area (Å²) in [5.74, 6) is 0. The maximum absolute atomic E-state index is 12.4. The van der Waals surface area contributed by atoms with E-state index in [9.17, 15) is 8.42 Å². The molecular weight excluding hydrogens is 260 g/mol. The third-order valence-corrected chi connectivity index (χ3v) is 5.71. The first-order valence-corrected chi connectivity index (χ1v) is 8.32. The molecule has 0 aromatic heterocycles. The first-order chi connectivity index (χ1) is 9.07. The Kier molecular flexibility index (Phi) is 3.37. The molecule has 0 radical (unpaired) electrons. The van der Waals surface area contributed by atoms with Crippen molar-refractivity contribution in [2.75, 3.05) is 7.05 Å². The maximum Gasteiger partial charge on any atom is 0.243 e. The van der Waals surface area contributed by atoms with Crippen LogP contribution in [-0.4, -0.2) is 31.9 Å². The van der Waals surface area contributed by atoms with Gasteiger partial charge in [0.1, 0.15) is 0 Å². The third kappa shape index (κ3) is 2.99. The van der Waals surface area contributed by atoms with Crippen LogP contribution in [0.5, 0.6) is 0 Å². The van der Waals surface area contributed by atoms with E-state index in [-0.39, 0.29) is 6.04 Å². The molecule has 0 saturated heterocycles. The van der Waals surface area contributed by atoms with Gasteiger partial charge in [0.25, 0.3) is 0 Å². The van der Waals surface area contributed by atoms with Gasteiger partial charge >= 0.3 is 0 Å². The topological polar surface area (TPSA) is 49.4 Å². The van der Waals surface area contributed by atoms with Gasteiger partial charge in [-0.3, -0.25) is 0 Å². The molecule has 19 heavy (non-hydrogen) atoms. The van der Waals surface area contributed by atoms with E-state index < -0.39 is 10.0 Å². The van der Waals surface area contributed by atoms with E-state index in [2.05, 4.69) is 5.32 Å². The van der Waals surface area contributed by atoms with Crippen LogP contribution in [0.4, 0.5) is 0 Å². The van der Waals surface area contributed by atoms with E-state index in [4.69, 9.17) is 0 Å². The zero-order valence-corrected chi connectivity index (χ0v) is 12.0. The highest BCUT2D eigenvalue weighted by molar-refractivity contribution is 7.89. The van der Waals surface area contributed by atoms with Crippen molar-refractivity contribution in [2.45, 2.75) is 49.2 Å². The Bertz CT molecular complexity index is 563. The van der Waals surface area contributed by atoms with Crippen LogP contribution in [0.15, 0.2) is 29.2 Å². The number of nitrogens with one attached hydrogen (secondary N) is 1. The van der Waals surface area contributed by atoms with Crippen molar-refractivity contribution < 1.29 is 8.42 Å². The summed E-state index contributed by atoms with van der Waals surface area (Å²) in [7, 11) is -1.63. The predicted molar refractivity (Wildman–Crippen MR) is 74.3 cm³/mol. The summed E-state index contributed by atoms with van der Waals surface area (Å²) in [5, 5.41) is 3.41. The van der Waals surface area contributed by atoms with Crippen LogP contribution in [0.2, 0.25) is 0 Å². The molecule has 0 bridgehead atoms. The van der Waals surface area contributed by atoms with Crippen molar-refractivity contribution in [1.29, 1.82) is 0 Å². The Balaban J connectivity index is 1.76. The number of hydrogen-bond donors (Lipinski definition) is 1. The Morgan fingerprint density at radius 3 is 2.63 bits per heavy atom. The molecule has 0 unspecified atom stereocenters. The van der Waals surface area contributed by atoms with Crippen molar-refractivity contribution in [1.82, 2.24) is 9.62 Å². The molecule has 2 aliphatic rings. The fourth-order valence-corrected chi connectivity index (χ4v) is 3.65. The van der Waals surface area contributed by atoms with Gasteiger partial charge in [-0.25, -0.2) is 8.42 Å². The summed E-state index contributed by atoms with van der Waals surface area (Å²) in [6, 6.07) is 8.13. The number of benzene rings is 1. The third-order valence-electron chi connectivity index (χ3n) is 3.81. The van der Waals surface area contributed by atoms with Gasteiger partial charge in [-0.05, 0) is 43.4 Å². The minimum atomic E-state index is -3.32. The van der Waals surface area contributed by atoms with Crippen molar-refractivity contribution >= 4 is 10.0 Å². The van der Waals surface area contributed by atoms with Gasteiger partial charge in [0.15, 0.2) is 0 Å². The zero-order valence-electron chi connectivity index (χ0n) is 11.2.